The lowest BCUT2D eigenvalue weighted by atomic mass is 10.2. The van der Waals surface area contributed by atoms with E-state index in [4.69, 9.17) is 12.2 Å². The van der Waals surface area contributed by atoms with Crippen molar-refractivity contribution in [3.8, 4) is 0 Å². The fourth-order valence-corrected chi connectivity index (χ4v) is 2.91. The highest BCUT2D eigenvalue weighted by Gasteiger charge is 2.13. The van der Waals surface area contributed by atoms with Gasteiger partial charge in [0.1, 0.15) is 11.6 Å². The maximum atomic E-state index is 13.1. The molecule has 0 fully saturated rings. The molecule has 3 aromatic rings. The monoisotopic (exact) mass is 386 g/mol. The van der Waals surface area contributed by atoms with Gasteiger partial charge in [-0.05, 0) is 61.5 Å². The lowest BCUT2D eigenvalue weighted by molar-refractivity contribution is 0.622. The Morgan fingerprint density at radius 1 is 0.963 bits per heavy atom. The van der Waals surface area contributed by atoms with Crippen LogP contribution in [0.4, 0.5) is 14.5 Å². The Labute approximate surface area is 162 Å². The van der Waals surface area contributed by atoms with Crippen molar-refractivity contribution in [3.05, 3.63) is 82.7 Å². The second-order valence-corrected chi connectivity index (χ2v) is 6.67. The first-order chi connectivity index (χ1) is 12.9. The summed E-state index contributed by atoms with van der Waals surface area (Å²) in [5.74, 6) is -0.522. The summed E-state index contributed by atoms with van der Waals surface area (Å²) in [4.78, 5) is 0. The van der Waals surface area contributed by atoms with Crippen LogP contribution in [-0.2, 0) is 13.1 Å². The molecule has 140 valence electrons. The zero-order valence-electron chi connectivity index (χ0n) is 15.1. The van der Waals surface area contributed by atoms with Gasteiger partial charge in [-0.1, -0.05) is 24.3 Å². The van der Waals surface area contributed by atoms with Crippen LogP contribution in [0.15, 0.2) is 48.5 Å². The van der Waals surface area contributed by atoms with E-state index in [1.807, 2.05) is 18.5 Å². The highest BCUT2D eigenvalue weighted by atomic mass is 32.1. The van der Waals surface area contributed by atoms with E-state index < -0.39 is 0 Å². The molecular weight excluding hydrogens is 366 g/mol. The van der Waals surface area contributed by atoms with Crippen LogP contribution >= 0.6 is 12.2 Å². The number of hydrogen-bond acceptors (Lipinski definition) is 2. The van der Waals surface area contributed by atoms with Crippen LogP contribution in [0.5, 0.6) is 0 Å². The largest absolute Gasteiger partial charge is 0.358 e. The van der Waals surface area contributed by atoms with Crippen molar-refractivity contribution in [2.75, 3.05) is 5.32 Å². The normalized spacial score (nSPS) is 10.7. The van der Waals surface area contributed by atoms with Gasteiger partial charge >= 0.3 is 0 Å². The second kappa shape index (κ2) is 8.26. The number of rotatable bonds is 5. The van der Waals surface area contributed by atoms with Crippen molar-refractivity contribution in [1.82, 2.24) is 15.1 Å². The van der Waals surface area contributed by atoms with Crippen LogP contribution < -0.4 is 10.6 Å². The highest BCUT2D eigenvalue weighted by molar-refractivity contribution is 7.80. The number of anilines is 1. The van der Waals surface area contributed by atoms with Gasteiger partial charge in [-0.3, -0.25) is 4.68 Å². The molecule has 4 nitrogen and oxygen atoms in total. The number of nitrogens with zero attached hydrogens (tertiary/aromatic N) is 2. The van der Waals surface area contributed by atoms with Crippen LogP contribution in [0.2, 0.25) is 0 Å². The van der Waals surface area contributed by atoms with Crippen molar-refractivity contribution in [3.63, 3.8) is 0 Å². The molecule has 1 aromatic heterocycles. The fourth-order valence-electron chi connectivity index (χ4n) is 2.74. The van der Waals surface area contributed by atoms with Crippen LogP contribution in [0, 0.1) is 25.5 Å². The van der Waals surface area contributed by atoms with Crippen molar-refractivity contribution >= 4 is 23.0 Å². The van der Waals surface area contributed by atoms with Gasteiger partial charge in [0, 0.05) is 6.54 Å². The Morgan fingerprint density at radius 3 is 2.11 bits per heavy atom. The molecule has 0 atom stereocenters. The molecule has 0 aliphatic carbocycles. The summed E-state index contributed by atoms with van der Waals surface area (Å²) in [5, 5.41) is 11.3. The van der Waals surface area contributed by atoms with E-state index in [0.717, 1.165) is 28.2 Å². The maximum Gasteiger partial charge on any atom is 0.171 e. The summed E-state index contributed by atoms with van der Waals surface area (Å²) < 4.78 is 27.9. The van der Waals surface area contributed by atoms with Gasteiger partial charge in [0.25, 0.3) is 0 Å². The third-order valence-corrected chi connectivity index (χ3v) is 4.48. The number of hydrogen-bond donors (Lipinski definition) is 2. The quantitative estimate of drug-likeness (QED) is 0.641. The average molecular weight is 386 g/mol. The van der Waals surface area contributed by atoms with Crippen molar-refractivity contribution in [1.29, 1.82) is 0 Å². The van der Waals surface area contributed by atoms with E-state index in [1.165, 1.54) is 24.3 Å². The maximum absolute atomic E-state index is 13.1. The number of halogens is 2. The fraction of sp³-hybridized carbons (Fsp3) is 0.200. The van der Waals surface area contributed by atoms with Crippen LogP contribution in [0.3, 0.4) is 0 Å². The third kappa shape index (κ3) is 4.89. The van der Waals surface area contributed by atoms with E-state index in [1.54, 1.807) is 24.3 Å². The highest BCUT2D eigenvalue weighted by Crippen LogP contribution is 2.20. The molecule has 0 saturated heterocycles. The Hall–Kier alpha value is -2.80. The molecular formula is C20H20F2N4S. The lowest BCUT2D eigenvalue weighted by Crippen LogP contribution is -2.28. The molecule has 0 amide bonds. The first kappa shape index (κ1) is 19.0. The molecule has 2 N–H and O–H groups in total. The zero-order chi connectivity index (χ0) is 19.4. The molecule has 0 saturated carbocycles. The Bertz CT molecular complexity index is 934. The first-order valence-electron chi connectivity index (χ1n) is 8.50. The number of nitrogens with one attached hydrogen (secondary N) is 2. The van der Waals surface area contributed by atoms with Gasteiger partial charge in [0.15, 0.2) is 5.11 Å². The topological polar surface area (TPSA) is 41.9 Å². The van der Waals surface area contributed by atoms with E-state index in [-0.39, 0.29) is 11.6 Å². The van der Waals surface area contributed by atoms with Crippen molar-refractivity contribution in [2.24, 2.45) is 0 Å². The summed E-state index contributed by atoms with van der Waals surface area (Å²) >= 11 is 5.36. The molecule has 0 spiro atoms. The van der Waals surface area contributed by atoms with Gasteiger partial charge in [0.05, 0.1) is 23.6 Å². The standard InChI is InChI=1S/C20H20F2N4S/c1-13-19(24-20(27)23-11-15-3-7-17(21)8-4-15)14(2)26(25-13)12-16-5-9-18(22)10-6-16/h3-10H,11-12H2,1-2H3,(H2,23,24,27). The van der Waals surface area contributed by atoms with Gasteiger partial charge in [0.2, 0.25) is 0 Å². The minimum Gasteiger partial charge on any atom is -0.358 e. The minimum absolute atomic E-state index is 0.257. The van der Waals surface area contributed by atoms with Crippen LogP contribution in [0.25, 0.3) is 0 Å². The van der Waals surface area contributed by atoms with Gasteiger partial charge < -0.3 is 10.6 Å². The van der Waals surface area contributed by atoms with Crippen LogP contribution in [0.1, 0.15) is 22.5 Å². The SMILES string of the molecule is Cc1nn(Cc2ccc(F)cc2)c(C)c1NC(=S)NCc1ccc(F)cc1. The van der Waals surface area contributed by atoms with Gasteiger partial charge in [-0.2, -0.15) is 5.10 Å². The van der Waals surface area contributed by atoms with Crippen molar-refractivity contribution in [2.45, 2.75) is 26.9 Å². The number of aryl methyl sites for hydroxylation is 1. The summed E-state index contributed by atoms with van der Waals surface area (Å²) in [7, 11) is 0. The summed E-state index contributed by atoms with van der Waals surface area (Å²) in [6.07, 6.45) is 0. The minimum atomic E-state index is -0.265. The molecule has 0 aliphatic heterocycles. The Kier molecular flexibility index (Phi) is 5.81. The molecule has 0 radical (unpaired) electrons. The molecule has 7 heteroatoms. The molecule has 3 rings (SSSR count). The third-order valence-electron chi connectivity index (χ3n) is 4.23. The predicted octanol–water partition coefficient (Wildman–Crippen LogP) is 4.31. The van der Waals surface area contributed by atoms with Gasteiger partial charge in [-0.25, -0.2) is 8.78 Å². The zero-order valence-corrected chi connectivity index (χ0v) is 15.9. The van der Waals surface area contributed by atoms with E-state index in [2.05, 4.69) is 15.7 Å². The number of thiocarbonyl (C=S) groups is 1. The number of benzene rings is 2. The van der Waals surface area contributed by atoms with Gasteiger partial charge in [-0.15, -0.1) is 0 Å². The first-order valence-corrected chi connectivity index (χ1v) is 8.91. The van der Waals surface area contributed by atoms with Crippen LogP contribution in [-0.4, -0.2) is 14.9 Å². The van der Waals surface area contributed by atoms with Crippen molar-refractivity contribution < 1.29 is 8.78 Å². The molecule has 1 heterocycles. The lowest BCUT2D eigenvalue weighted by Gasteiger charge is -2.11. The molecule has 2 aromatic carbocycles. The average Bonchev–Trinajstić information content (AvgIpc) is 2.90. The summed E-state index contributed by atoms with van der Waals surface area (Å²) in [6.45, 7) is 4.89. The number of aromatic nitrogens is 2. The molecule has 0 aliphatic rings. The molecule has 0 bridgehead atoms. The summed E-state index contributed by atoms with van der Waals surface area (Å²) in [6, 6.07) is 12.6. The smallest absolute Gasteiger partial charge is 0.171 e. The van der Waals surface area contributed by atoms with E-state index in [9.17, 15) is 8.78 Å². The Morgan fingerprint density at radius 2 is 1.52 bits per heavy atom. The summed E-state index contributed by atoms with van der Waals surface area (Å²) in [5.41, 5.74) is 4.49. The predicted molar refractivity (Wildman–Crippen MR) is 107 cm³/mol. The van der Waals surface area contributed by atoms with E-state index in [0.29, 0.717) is 18.2 Å². The second-order valence-electron chi connectivity index (χ2n) is 6.26. The molecule has 27 heavy (non-hydrogen) atoms. The van der Waals surface area contributed by atoms with E-state index >= 15 is 0 Å². The molecule has 0 unspecified atom stereocenters. The Balaban J connectivity index is 1.64.